The standard InChI is InChI=1S/C19H24N2/c1-14(20-2)15-6-4-7-16(12-15)17-9-10-19-18(13-17)8-5-11-21(19)3/h4,6-7,9-10,12-14,20H,5,8,11H2,1-3H3. The lowest BCUT2D eigenvalue weighted by Crippen LogP contribution is -2.24. The van der Waals surface area contributed by atoms with E-state index in [9.17, 15) is 0 Å². The van der Waals surface area contributed by atoms with E-state index in [0.717, 1.165) is 0 Å². The third-order valence-corrected chi connectivity index (χ3v) is 4.58. The van der Waals surface area contributed by atoms with Crippen molar-refractivity contribution in [3.05, 3.63) is 53.6 Å². The van der Waals surface area contributed by atoms with Crippen LogP contribution in [0.3, 0.4) is 0 Å². The van der Waals surface area contributed by atoms with Crippen LogP contribution in [0.1, 0.15) is 30.5 Å². The number of nitrogens with zero attached hydrogens (tertiary/aromatic N) is 1. The van der Waals surface area contributed by atoms with Crippen LogP contribution in [0.25, 0.3) is 11.1 Å². The van der Waals surface area contributed by atoms with Crippen molar-refractivity contribution < 1.29 is 0 Å². The van der Waals surface area contributed by atoms with E-state index >= 15 is 0 Å². The molecule has 0 saturated heterocycles. The molecule has 21 heavy (non-hydrogen) atoms. The van der Waals surface area contributed by atoms with Crippen LogP contribution >= 0.6 is 0 Å². The van der Waals surface area contributed by atoms with Gasteiger partial charge in [0.1, 0.15) is 0 Å². The molecule has 110 valence electrons. The molecule has 1 atom stereocenters. The molecule has 2 aromatic carbocycles. The van der Waals surface area contributed by atoms with E-state index < -0.39 is 0 Å². The molecule has 2 aromatic rings. The monoisotopic (exact) mass is 280 g/mol. The summed E-state index contributed by atoms with van der Waals surface area (Å²) in [7, 11) is 4.19. The van der Waals surface area contributed by atoms with Gasteiger partial charge in [0, 0.05) is 25.3 Å². The van der Waals surface area contributed by atoms with Gasteiger partial charge in [-0.15, -0.1) is 0 Å². The Balaban J connectivity index is 1.97. The average molecular weight is 280 g/mol. The molecular formula is C19H24N2. The van der Waals surface area contributed by atoms with Gasteiger partial charge in [0.2, 0.25) is 0 Å². The molecule has 1 unspecified atom stereocenters. The largest absolute Gasteiger partial charge is 0.374 e. The van der Waals surface area contributed by atoms with Gasteiger partial charge in [-0.1, -0.05) is 24.3 Å². The molecule has 0 radical (unpaired) electrons. The molecule has 2 nitrogen and oxygen atoms in total. The third-order valence-electron chi connectivity index (χ3n) is 4.58. The number of rotatable bonds is 3. The van der Waals surface area contributed by atoms with Crippen molar-refractivity contribution in [2.75, 3.05) is 25.5 Å². The number of aryl methyl sites for hydroxylation is 1. The number of hydrogen-bond acceptors (Lipinski definition) is 2. The van der Waals surface area contributed by atoms with Gasteiger partial charge in [-0.3, -0.25) is 0 Å². The second-order valence-corrected chi connectivity index (χ2v) is 6.00. The quantitative estimate of drug-likeness (QED) is 0.913. The maximum atomic E-state index is 3.31. The van der Waals surface area contributed by atoms with Crippen molar-refractivity contribution in [2.45, 2.75) is 25.8 Å². The molecule has 0 amide bonds. The second kappa shape index (κ2) is 5.90. The Hall–Kier alpha value is -1.80. The minimum absolute atomic E-state index is 0.383. The summed E-state index contributed by atoms with van der Waals surface area (Å²) < 4.78 is 0. The molecule has 0 bridgehead atoms. The lowest BCUT2D eigenvalue weighted by atomic mass is 9.95. The van der Waals surface area contributed by atoms with Crippen molar-refractivity contribution in [1.82, 2.24) is 5.32 Å². The topological polar surface area (TPSA) is 15.3 Å². The van der Waals surface area contributed by atoms with Crippen LogP contribution in [0.2, 0.25) is 0 Å². The predicted octanol–water partition coefficient (Wildman–Crippen LogP) is 4.02. The molecule has 1 aliphatic rings. The first kappa shape index (κ1) is 14.2. The highest BCUT2D eigenvalue weighted by Crippen LogP contribution is 2.31. The minimum Gasteiger partial charge on any atom is -0.374 e. The van der Waals surface area contributed by atoms with Gasteiger partial charge in [0.05, 0.1) is 0 Å². The lowest BCUT2D eigenvalue weighted by Gasteiger charge is -2.28. The smallest absolute Gasteiger partial charge is 0.0396 e. The Bertz CT molecular complexity index is 633. The fraction of sp³-hybridized carbons (Fsp3) is 0.368. The first-order chi connectivity index (χ1) is 10.2. The van der Waals surface area contributed by atoms with E-state index in [4.69, 9.17) is 0 Å². The molecule has 0 aliphatic carbocycles. The third kappa shape index (κ3) is 2.81. The molecule has 0 aromatic heterocycles. The maximum Gasteiger partial charge on any atom is 0.0396 e. The Morgan fingerprint density at radius 3 is 2.71 bits per heavy atom. The highest BCUT2D eigenvalue weighted by molar-refractivity contribution is 5.70. The summed E-state index contributed by atoms with van der Waals surface area (Å²) in [5.74, 6) is 0. The van der Waals surface area contributed by atoms with Gasteiger partial charge in [-0.05, 0) is 67.3 Å². The predicted molar refractivity (Wildman–Crippen MR) is 90.9 cm³/mol. The minimum atomic E-state index is 0.383. The van der Waals surface area contributed by atoms with E-state index in [1.54, 1.807) is 0 Å². The normalized spacial score (nSPS) is 15.7. The molecule has 3 rings (SSSR count). The van der Waals surface area contributed by atoms with E-state index in [0.29, 0.717) is 6.04 Å². The highest BCUT2D eigenvalue weighted by atomic mass is 15.1. The summed E-state index contributed by atoms with van der Waals surface area (Å²) in [6.07, 6.45) is 2.45. The first-order valence-corrected chi connectivity index (χ1v) is 7.80. The molecule has 0 spiro atoms. The van der Waals surface area contributed by atoms with Gasteiger partial charge >= 0.3 is 0 Å². The molecule has 2 heteroatoms. The zero-order chi connectivity index (χ0) is 14.8. The summed E-state index contributed by atoms with van der Waals surface area (Å²) in [5, 5.41) is 3.31. The van der Waals surface area contributed by atoms with Crippen LogP contribution in [0.15, 0.2) is 42.5 Å². The zero-order valence-electron chi connectivity index (χ0n) is 13.2. The number of fused-ring (bicyclic) bond motifs is 1. The molecular weight excluding hydrogens is 256 g/mol. The fourth-order valence-electron chi connectivity index (χ4n) is 3.12. The SMILES string of the molecule is CNC(C)c1cccc(-c2ccc3c(c2)CCCN3C)c1. The Labute approximate surface area is 127 Å². The van der Waals surface area contributed by atoms with Crippen LogP contribution in [0.5, 0.6) is 0 Å². The lowest BCUT2D eigenvalue weighted by molar-refractivity contribution is 0.652. The molecule has 1 heterocycles. The van der Waals surface area contributed by atoms with E-state index in [1.165, 1.54) is 47.3 Å². The van der Waals surface area contributed by atoms with Gasteiger partial charge in [0.25, 0.3) is 0 Å². The number of nitrogens with one attached hydrogen (secondary N) is 1. The summed E-state index contributed by atoms with van der Waals surface area (Å²) in [5.41, 5.74) is 6.85. The van der Waals surface area contributed by atoms with E-state index in [-0.39, 0.29) is 0 Å². The van der Waals surface area contributed by atoms with Gasteiger partial charge < -0.3 is 10.2 Å². The Kier molecular flexibility index (Phi) is 3.98. The summed E-state index contributed by atoms with van der Waals surface area (Å²) in [6.45, 7) is 3.36. The number of benzene rings is 2. The Morgan fingerprint density at radius 1 is 1.10 bits per heavy atom. The molecule has 0 saturated carbocycles. The fourth-order valence-corrected chi connectivity index (χ4v) is 3.12. The van der Waals surface area contributed by atoms with Crippen LogP contribution in [0.4, 0.5) is 5.69 Å². The maximum absolute atomic E-state index is 3.31. The van der Waals surface area contributed by atoms with Gasteiger partial charge in [0.15, 0.2) is 0 Å². The zero-order valence-corrected chi connectivity index (χ0v) is 13.2. The van der Waals surface area contributed by atoms with Crippen LogP contribution in [0, 0.1) is 0 Å². The van der Waals surface area contributed by atoms with Crippen molar-refractivity contribution >= 4 is 5.69 Å². The number of anilines is 1. The van der Waals surface area contributed by atoms with E-state index in [2.05, 4.69) is 66.7 Å². The number of hydrogen-bond donors (Lipinski definition) is 1. The summed E-state index contributed by atoms with van der Waals surface area (Å²) in [6, 6.07) is 16.1. The second-order valence-electron chi connectivity index (χ2n) is 6.00. The van der Waals surface area contributed by atoms with Crippen molar-refractivity contribution in [2.24, 2.45) is 0 Å². The molecule has 0 fully saturated rings. The van der Waals surface area contributed by atoms with Crippen molar-refractivity contribution in [3.8, 4) is 11.1 Å². The Morgan fingerprint density at radius 2 is 1.90 bits per heavy atom. The van der Waals surface area contributed by atoms with Crippen LogP contribution in [-0.2, 0) is 6.42 Å². The van der Waals surface area contributed by atoms with Crippen LogP contribution < -0.4 is 10.2 Å². The van der Waals surface area contributed by atoms with Gasteiger partial charge in [-0.25, -0.2) is 0 Å². The summed E-state index contributed by atoms with van der Waals surface area (Å²) in [4.78, 5) is 2.36. The molecule has 1 aliphatic heterocycles. The van der Waals surface area contributed by atoms with Gasteiger partial charge in [-0.2, -0.15) is 0 Å². The average Bonchev–Trinajstić information content (AvgIpc) is 2.54. The summed E-state index contributed by atoms with van der Waals surface area (Å²) >= 11 is 0. The first-order valence-electron chi connectivity index (χ1n) is 7.80. The van der Waals surface area contributed by atoms with Crippen molar-refractivity contribution in [3.63, 3.8) is 0 Å². The van der Waals surface area contributed by atoms with E-state index in [1.807, 2.05) is 7.05 Å². The van der Waals surface area contributed by atoms with Crippen LogP contribution in [-0.4, -0.2) is 20.6 Å². The molecule has 1 N–H and O–H groups in total. The highest BCUT2D eigenvalue weighted by Gasteiger charge is 2.14. The van der Waals surface area contributed by atoms with Crippen molar-refractivity contribution in [1.29, 1.82) is 0 Å².